The predicted molar refractivity (Wildman–Crippen MR) is 76.7 cm³/mol. The lowest BCUT2D eigenvalue weighted by atomic mass is 10.0. The molecule has 0 fully saturated rings. The summed E-state index contributed by atoms with van der Waals surface area (Å²) < 4.78 is 0.904. The van der Waals surface area contributed by atoms with E-state index in [0.717, 1.165) is 15.6 Å². The van der Waals surface area contributed by atoms with E-state index in [0.29, 0.717) is 0 Å². The standard InChI is InChI=1S/C14H16BrNO3/c1-9(2)7-13(17)16-12(8-14(18)19)10-3-5-11(15)6-4-10/h3-7,12H,8H2,1-2H3,(H,16,17)(H,18,19). The van der Waals surface area contributed by atoms with Crippen LogP contribution >= 0.6 is 15.9 Å². The molecule has 0 saturated heterocycles. The number of aliphatic carboxylic acids is 1. The van der Waals surface area contributed by atoms with E-state index >= 15 is 0 Å². The summed E-state index contributed by atoms with van der Waals surface area (Å²) in [4.78, 5) is 22.6. The quantitative estimate of drug-likeness (QED) is 0.817. The van der Waals surface area contributed by atoms with Crippen molar-refractivity contribution >= 4 is 27.8 Å². The maximum atomic E-state index is 11.7. The predicted octanol–water partition coefficient (Wildman–Crippen LogP) is 3.05. The average Bonchev–Trinajstić information content (AvgIpc) is 2.27. The van der Waals surface area contributed by atoms with Gasteiger partial charge in [-0.15, -0.1) is 0 Å². The lowest BCUT2D eigenvalue weighted by molar-refractivity contribution is -0.137. The third kappa shape index (κ3) is 5.70. The summed E-state index contributed by atoms with van der Waals surface area (Å²) in [5.74, 6) is -1.24. The maximum absolute atomic E-state index is 11.7. The van der Waals surface area contributed by atoms with E-state index in [9.17, 15) is 9.59 Å². The number of hydrogen-bond acceptors (Lipinski definition) is 2. The lowest BCUT2D eigenvalue weighted by Crippen LogP contribution is -2.28. The number of hydrogen-bond donors (Lipinski definition) is 2. The fourth-order valence-corrected chi connectivity index (χ4v) is 1.86. The third-order valence-electron chi connectivity index (χ3n) is 2.39. The molecule has 1 unspecified atom stereocenters. The zero-order valence-electron chi connectivity index (χ0n) is 10.8. The monoisotopic (exact) mass is 325 g/mol. The molecule has 0 aliphatic rings. The van der Waals surface area contributed by atoms with Crippen LogP contribution in [0.3, 0.4) is 0 Å². The molecule has 0 saturated carbocycles. The van der Waals surface area contributed by atoms with Crippen LogP contribution < -0.4 is 5.32 Å². The van der Waals surface area contributed by atoms with E-state index in [1.807, 2.05) is 26.0 Å². The van der Waals surface area contributed by atoms with E-state index in [4.69, 9.17) is 5.11 Å². The molecule has 0 aromatic heterocycles. The first-order chi connectivity index (χ1) is 8.88. The Hall–Kier alpha value is -1.62. The van der Waals surface area contributed by atoms with Crippen molar-refractivity contribution in [1.29, 1.82) is 0 Å². The summed E-state index contributed by atoms with van der Waals surface area (Å²) >= 11 is 3.32. The fraction of sp³-hybridized carbons (Fsp3) is 0.286. The van der Waals surface area contributed by atoms with Crippen LogP contribution in [-0.2, 0) is 9.59 Å². The van der Waals surface area contributed by atoms with Crippen LogP contribution in [0.4, 0.5) is 0 Å². The molecule has 0 heterocycles. The molecule has 1 aromatic rings. The van der Waals surface area contributed by atoms with Gasteiger partial charge < -0.3 is 10.4 Å². The topological polar surface area (TPSA) is 66.4 Å². The molecular formula is C14H16BrNO3. The summed E-state index contributed by atoms with van der Waals surface area (Å²) in [6, 6.07) is 6.68. The van der Waals surface area contributed by atoms with E-state index < -0.39 is 12.0 Å². The molecule has 19 heavy (non-hydrogen) atoms. The summed E-state index contributed by atoms with van der Waals surface area (Å²) in [5.41, 5.74) is 1.63. The van der Waals surface area contributed by atoms with Gasteiger partial charge in [0.05, 0.1) is 12.5 Å². The first-order valence-corrected chi connectivity index (χ1v) is 6.60. The van der Waals surface area contributed by atoms with Crippen molar-refractivity contribution in [3.8, 4) is 0 Å². The number of allylic oxidation sites excluding steroid dienone is 1. The Balaban J connectivity index is 2.89. The zero-order valence-corrected chi connectivity index (χ0v) is 12.4. The van der Waals surface area contributed by atoms with Crippen molar-refractivity contribution in [3.63, 3.8) is 0 Å². The van der Waals surface area contributed by atoms with Crippen LogP contribution in [0, 0.1) is 0 Å². The van der Waals surface area contributed by atoms with Gasteiger partial charge >= 0.3 is 5.97 Å². The summed E-state index contributed by atoms with van der Waals surface area (Å²) in [7, 11) is 0. The number of carbonyl (C=O) groups excluding carboxylic acids is 1. The SMILES string of the molecule is CC(C)=CC(=O)NC(CC(=O)O)c1ccc(Br)cc1. The molecule has 0 spiro atoms. The molecule has 1 amide bonds. The number of carbonyl (C=O) groups is 2. The van der Waals surface area contributed by atoms with Crippen molar-refractivity contribution in [2.24, 2.45) is 0 Å². The van der Waals surface area contributed by atoms with E-state index in [-0.39, 0.29) is 12.3 Å². The number of halogens is 1. The molecule has 4 nitrogen and oxygen atoms in total. The second kappa shape index (κ2) is 7.09. The van der Waals surface area contributed by atoms with Crippen LogP contribution in [-0.4, -0.2) is 17.0 Å². The highest BCUT2D eigenvalue weighted by molar-refractivity contribution is 9.10. The number of carboxylic acid groups (broad SMARTS) is 1. The summed E-state index contributed by atoms with van der Waals surface area (Å²) in [5, 5.41) is 11.6. The van der Waals surface area contributed by atoms with Gasteiger partial charge in [-0.3, -0.25) is 9.59 Å². The van der Waals surface area contributed by atoms with Crippen LogP contribution in [0.15, 0.2) is 40.4 Å². The van der Waals surface area contributed by atoms with E-state index in [1.165, 1.54) is 6.08 Å². The highest BCUT2D eigenvalue weighted by Crippen LogP contribution is 2.19. The number of benzene rings is 1. The second-order valence-corrected chi connectivity index (χ2v) is 5.35. The van der Waals surface area contributed by atoms with E-state index in [2.05, 4.69) is 21.2 Å². The van der Waals surface area contributed by atoms with Crippen molar-refractivity contribution in [3.05, 3.63) is 46.0 Å². The first-order valence-electron chi connectivity index (χ1n) is 5.81. The van der Waals surface area contributed by atoms with Gasteiger partial charge in [0.15, 0.2) is 0 Å². The largest absolute Gasteiger partial charge is 0.481 e. The number of rotatable bonds is 5. The summed E-state index contributed by atoms with van der Waals surface area (Å²) in [6.07, 6.45) is 1.30. The van der Waals surface area contributed by atoms with Crippen LogP contribution in [0.1, 0.15) is 31.9 Å². The molecular weight excluding hydrogens is 310 g/mol. The summed E-state index contributed by atoms with van der Waals surface area (Å²) in [6.45, 7) is 3.62. The fourth-order valence-electron chi connectivity index (χ4n) is 1.60. The van der Waals surface area contributed by atoms with Gasteiger partial charge in [0.2, 0.25) is 5.91 Å². The smallest absolute Gasteiger partial charge is 0.305 e. The molecule has 2 N–H and O–H groups in total. The lowest BCUT2D eigenvalue weighted by Gasteiger charge is -2.16. The molecule has 0 aliphatic carbocycles. The number of amides is 1. The van der Waals surface area contributed by atoms with Gasteiger partial charge in [-0.1, -0.05) is 33.6 Å². The molecule has 102 valence electrons. The second-order valence-electron chi connectivity index (χ2n) is 4.43. The number of carboxylic acids is 1. The van der Waals surface area contributed by atoms with Crippen LogP contribution in [0.25, 0.3) is 0 Å². The van der Waals surface area contributed by atoms with Crippen molar-refractivity contribution in [2.45, 2.75) is 26.3 Å². The Morgan fingerprint density at radius 1 is 1.32 bits per heavy atom. The first kappa shape index (κ1) is 15.4. The number of nitrogens with one attached hydrogen (secondary N) is 1. The normalized spacial score (nSPS) is 11.5. The Labute approximate surface area is 120 Å². The minimum absolute atomic E-state index is 0.149. The molecule has 0 radical (unpaired) electrons. The molecule has 0 bridgehead atoms. The van der Waals surface area contributed by atoms with Crippen molar-refractivity contribution in [1.82, 2.24) is 5.32 Å². The van der Waals surface area contributed by atoms with Gasteiger partial charge in [0, 0.05) is 10.5 Å². The minimum atomic E-state index is -0.953. The Morgan fingerprint density at radius 2 is 1.89 bits per heavy atom. The van der Waals surface area contributed by atoms with Gasteiger partial charge in [-0.05, 0) is 31.5 Å². The highest BCUT2D eigenvalue weighted by atomic mass is 79.9. The zero-order chi connectivity index (χ0) is 14.4. The Kier molecular flexibility index (Phi) is 5.76. The Morgan fingerprint density at radius 3 is 2.37 bits per heavy atom. The molecule has 0 aliphatic heterocycles. The maximum Gasteiger partial charge on any atom is 0.305 e. The third-order valence-corrected chi connectivity index (χ3v) is 2.92. The van der Waals surface area contributed by atoms with Crippen molar-refractivity contribution in [2.75, 3.05) is 0 Å². The van der Waals surface area contributed by atoms with Gasteiger partial charge in [0.1, 0.15) is 0 Å². The average molecular weight is 326 g/mol. The Bertz CT molecular complexity index is 490. The molecule has 1 atom stereocenters. The molecule has 1 rings (SSSR count). The highest BCUT2D eigenvalue weighted by Gasteiger charge is 2.17. The van der Waals surface area contributed by atoms with Gasteiger partial charge in [-0.25, -0.2) is 0 Å². The van der Waals surface area contributed by atoms with Gasteiger partial charge in [0.25, 0.3) is 0 Å². The molecule has 1 aromatic carbocycles. The van der Waals surface area contributed by atoms with E-state index in [1.54, 1.807) is 12.1 Å². The van der Waals surface area contributed by atoms with Crippen LogP contribution in [0.5, 0.6) is 0 Å². The van der Waals surface area contributed by atoms with Gasteiger partial charge in [-0.2, -0.15) is 0 Å². The van der Waals surface area contributed by atoms with Crippen molar-refractivity contribution < 1.29 is 14.7 Å². The minimum Gasteiger partial charge on any atom is -0.481 e. The molecule has 5 heteroatoms. The van der Waals surface area contributed by atoms with Crippen LogP contribution in [0.2, 0.25) is 0 Å².